The summed E-state index contributed by atoms with van der Waals surface area (Å²) in [5, 5.41) is 3.28. The molecule has 0 radical (unpaired) electrons. The predicted octanol–water partition coefficient (Wildman–Crippen LogP) is 3.91. The number of hydrogen-bond acceptors (Lipinski definition) is 1. The van der Waals surface area contributed by atoms with Gasteiger partial charge in [0.15, 0.2) is 0 Å². The third kappa shape index (κ3) is 2.77. The van der Waals surface area contributed by atoms with E-state index in [1.807, 2.05) is 13.0 Å². The Balaban J connectivity index is 2.26. The minimum atomic E-state index is -0.149. The van der Waals surface area contributed by atoms with Gasteiger partial charge in [-0.05, 0) is 41.8 Å². The molecule has 0 unspecified atom stereocenters. The Bertz CT molecular complexity index is 517. The largest absolute Gasteiger partial charge is 0.313 e. The molecular weight excluding hydrogens is 225 g/mol. The number of hydrogen-bond donors (Lipinski definition) is 1. The van der Waals surface area contributed by atoms with Crippen molar-refractivity contribution in [2.24, 2.45) is 0 Å². The minimum absolute atomic E-state index is 0.149. The summed E-state index contributed by atoms with van der Waals surface area (Å²) in [7, 11) is 0. The van der Waals surface area contributed by atoms with Crippen LogP contribution in [0, 0.1) is 12.7 Å². The van der Waals surface area contributed by atoms with Crippen LogP contribution >= 0.6 is 0 Å². The molecule has 0 bridgehead atoms. The Morgan fingerprint density at radius 1 is 1.06 bits per heavy atom. The highest BCUT2D eigenvalue weighted by Gasteiger charge is 2.05. The maximum Gasteiger partial charge on any atom is 0.126 e. The summed E-state index contributed by atoms with van der Waals surface area (Å²) in [5.74, 6) is -0.149. The summed E-state index contributed by atoms with van der Waals surface area (Å²) >= 11 is 0. The second kappa shape index (κ2) is 5.78. The first-order chi connectivity index (χ1) is 8.72. The lowest BCUT2D eigenvalue weighted by Gasteiger charge is -2.08. The lowest BCUT2D eigenvalue weighted by Crippen LogP contribution is -2.11. The topological polar surface area (TPSA) is 12.0 Å². The van der Waals surface area contributed by atoms with Gasteiger partial charge in [-0.3, -0.25) is 0 Å². The van der Waals surface area contributed by atoms with E-state index in [4.69, 9.17) is 0 Å². The van der Waals surface area contributed by atoms with Crippen LogP contribution in [0.2, 0.25) is 0 Å². The van der Waals surface area contributed by atoms with E-state index in [-0.39, 0.29) is 5.82 Å². The Kier molecular flexibility index (Phi) is 4.11. The van der Waals surface area contributed by atoms with Gasteiger partial charge >= 0.3 is 0 Å². The van der Waals surface area contributed by atoms with Crippen LogP contribution in [0.4, 0.5) is 4.39 Å². The standard InChI is InChI=1S/C16H18FN/c1-3-18-11-13-7-9-14(10-8-13)15-5-4-6-16(17)12(15)2/h4-10,18H,3,11H2,1-2H3. The van der Waals surface area contributed by atoms with Crippen LogP contribution in [0.1, 0.15) is 18.1 Å². The molecule has 0 aliphatic rings. The predicted molar refractivity (Wildman–Crippen MR) is 74.0 cm³/mol. The first kappa shape index (κ1) is 12.8. The minimum Gasteiger partial charge on any atom is -0.313 e. The van der Waals surface area contributed by atoms with E-state index < -0.39 is 0 Å². The highest BCUT2D eigenvalue weighted by molar-refractivity contribution is 5.67. The van der Waals surface area contributed by atoms with Gasteiger partial charge in [-0.2, -0.15) is 0 Å². The molecule has 0 amide bonds. The Hall–Kier alpha value is -1.67. The summed E-state index contributed by atoms with van der Waals surface area (Å²) in [5.41, 5.74) is 3.98. The zero-order valence-electron chi connectivity index (χ0n) is 10.8. The molecule has 0 saturated carbocycles. The second-order valence-corrected chi connectivity index (χ2v) is 4.39. The molecule has 0 spiro atoms. The summed E-state index contributed by atoms with van der Waals surface area (Å²) in [6.45, 7) is 5.74. The van der Waals surface area contributed by atoms with Crippen LogP contribution in [0.5, 0.6) is 0 Å². The molecule has 2 aromatic carbocycles. The molecule has 18 heavy (non-hydrogen) atoms. The monoisotopic (exact) mass is 243 g/mol. The molecule has 0 heterocycles. The fraction of sp³-hybridized carbons (Fsp3) is 0.250. The molecule has 2 aromatic rings. The van der Waals surface area contributed by atoms with E-state index in [0.29, 0.717) is 5.56 Å². The Labute approximate surface area is 108 Å². The molecule has 94 valence electrons. The number of halogens is 1. The van der Waals surface area contributed by atoms with Gasteiger partial charge in [0.1, 0.15) is 5.82 Å². The highest BCUT2D eigenvalue weighted by atomic mass is 19.1. The van der Waals surface area contributed by atoms with Crippen LogP contribution in [-0.2, 0) is 6.54 Å². The fourth-order valence-electron chi connectivity index (χ4n) is 1.99. The summed E-state index contributed by atoms with van der Waals surface area (Å²) < 4.78 is 13.5. The van der Waals surface area contributed by atoms with Crippen molar-refractivity contribution in [3.8, 4) is 11.1 Å². The van der Waals surface area contributed by atoms with Crippen LogP contribution in [0.3, 0.4) is 0 Å². The van der Waals surface area contributed by atoms with Crippen LogP contribution in [0.25, 0.3) is 11.1 Å². The van der Waals surface area contributed by atoms with Gasteiger partial charge in [0.2, 0.25) is 0 Å². The zero-order chi connectivity index (χ0) is 13.0. The van der Waals surface area contributed by atoms with Gasteiger partial charge < -0.3 is 5.32 Å². The lowest BCUT2D eigenvalue weighted by molar-refractivity contribution is 0.619. The third-order valence-electron chi connectivity index (χ3n) is 3.11. The Morgan fingerprint density at radius 3 is 2.44 bits per heavy atom. The molecule has 0 atom stereocenters. The molecule has 0 fully saturated rings. The van der Waals surface area contributed by atoms with Crippen molar-refractivity contribution in [3.63, 3.8) is 0 Å². The van der Waals surface area contributed by atoms with Crippen molar-refractivity contribution in [2.75, 3.05) is 6.54 Å². The van der Waals surface area contributed by atoms with Gasteiger partial charge in [-0.25, -0.2) is 4.39 Å². The van der Waals surface area contributed by atoms with E-state index in [0.717, 1.165) is 24.2 Å². The quantitative estimate of drug-likeness (QED) is 0.858. The Morgan fingerprint density at radius 2 is 1.78 bits per heavy atom. The summed E-state index contributed by atoms with van der Waals surface area (Å²) in [4.78, 5) is 0. The van der Waals surface area contributed by atoms with Crippen molar-refractivity contribution in [2.45, 2.75) is 20.4 Å². The van der Waals surface area contributed by atoms with E-state index in [2.05, 4.69) is 36.5 Å². The maximum atomic E-state index is 13.5. The summed E-state index contributed by atoms with van der Waals surface area (Å²) in [6, 6.07) is 13.5. The van der Waals surface area contributed by atoms with Gasteiger partial charge in [0, 0.05) is 6.54 Å². The van der Waals surface area contributed by atoms with Gasteiger partial charge in [0.25, 0.3) is 0 Å². The van der Waals surface area contributed by atoms with Crippen LogP contribution in [-0.4, -0.2) is 6.54 Å². The van der Waals surface area contributed by atoms with Crippen molar-refractivity contribution in [1.29, 1.82) is 0 Å². The van der Waals surface area contributed by atoms with Crippen molar-refractivity contribution in [3.05, 3.63) is 59.4 Å². The molecule has 0 aliphatic heterocycles. The van der Waals surface area contributed by atoms with Crippen LogP contribution < -0.4 is 5.32 Å². The average molecular weight is 243 g/mol. The first-order valence-corrected chi connectivity index (χ1v) is 6.27. The number of benzene rings is 2. The van der Waals surface area contributed by atoms with E-state index in [1.165, 1.54) is 11.6 Å². The molecule has 0 saturated heterocycles. The lowest BCUT2D eigenvalue weighted by atomic mass is 9.99. The number of rotatable bonds is 4. The fourth-order valence-corrected chi connectivity index (χ4v) is 1.99. The van der Waals surface area contributed by atoms with Gasteiger partial charge in [-0.15, -0.1) is 0 Å². The average Bonchev–Trinajstić information content (AvgIpc) is 2.40. The SMILES string of the molecule is CCNCc1ccc(-c2cccc(F)c2C)cc1. The van der Waals surface area contributed by atoms with Crippen LogP contribution in [0.15, 0.2) is 42.5 Å². The molecule has 0 aliphatic carbocycles. The van der Waals surface area contributed by atoms with Gasteiger partial charge in [0.05, 0.1) is 0 Å². The number of nitrogens with one attached hydrogen (secondary N) is 1. The normalized spacial score (nSPS) is 10.6. The third-order valence-corrected chi connectivity index (χ3v) is 3.11. The van der Waals surface area contributed by atoms with Crippen molar-refractivity contribution >= 4 is 0 Å². The van der Waals surface area contributed by atoms with E-state index >= 15 is 0 Å². The highest BCUT2D eigenvalue weighted by Crippen LogP contribution is 2.25. The molecular formula is C16H18FN. The molecule has 2 heteroatoms. The van der Waals surface area contributed by atoms with E-state index in [1.54, 1.807) is 6.07 Å². The molecule has 0 aromatic heterocycles. The van der Waals surface area contributed by atoms with E-state index in [9.17, 15) is 4.39 Å². The molecule has 1 N–H and O–H groups in total. The summed E-state index contributed by atoms with van der Waals surface area (Å²) in [6.07, 6.45) is 0. The zero-order valence-corrected chi connectivity index (χ0v) is 10.8. The molecule has 2 rings (SSSR count). The smallest absolute Gasteiger partial charge is 0.126 e. The maximum absolute atomic E-state index is 13.5. The second-order valence-electron chi connectivity index (χ2n) is 4.39. The first-order valence-electron chi connectivity index (χ1n) is 6.27. The van der Waals surface area contributed by atoms with Crippen molar-refractivity contribution in [1.82, 2.24) is 5.32 Å². The van der Waals surface area contributed by atoms with Gasteiger partial charge in [-0.1, -0.05) is 43.3 Å². The van der Waals surface area contributed by atoms with Crippen molar-refractivity contribution < 1.29 is 4.39 Å². The molecule has 1 nitrogen and oxygen atoms in total.